The summed E-state index contributed by atoms with van der Waals surface area (Å²) in [6, 6.07) is 15.3. The smallest absolute Gasteiger partial charge is 0.298 e. The van der Waals surface area contributed by atoms with Gasteiger partial charge in [-0.3, -0.25) is 0 Å². The van der Waals surface area contributed by atoms with E-state index in [1.165, 1.54) is 0 Å². The molecular formula is C21H25N3O3S. The van der Waals surface area contributed by atoms with E-state index in [4.69, 9.17) is 4.42 Å². The van der Waals surface area contributed by atoms with Crippen LogP contribution < -0.4 is 9.62 Å². The third-order valence-electron chi connectivity index (χ3n) is 5.27. The minimum Gasteiger partial charge on any atom is -0.423 e. The molecule has 0 spiro atoms. The Morgan fingerprint density at radius 3 is 2.64 bits per heavy atom. The number of sulfonamides is 1. The summed E-state index contributed by atoms with van der Waals surface area (Å²) in [5, 5.41) is 0. The second kappa shape index (κ2) is 7.56. The molecule has 0 bridgehead atoms. The highest BCUT2D eigenvalue weighted by atomic mass is 32.2. The monoisotopic (exact) mass is 399 g/mol. The quantitative estimate of drug-likeness (QED) is 0.680. The lowest BCUT2D eigenvalue weighted by Crippen LogP contribution is -2.40. The van der Waals surface area contributed by atoms with Gasteiger partial charge in [0.25, 0.3) is 6.01 Å². The highest BCUT2D eigenvalue weighted by Gasteiger charge is 2.29. The molecule has 0 amide bonds. The van der Waals surface area contributed by atoms with Gasteiger partial charge in [-0.25, -0.2) is 13.1 Å². The van der Waals surface area contributed by atoms with Crippen molar-refractivity contribution in [3.63, 3.8) is 0 Å². The Hall–Kier alpha value is -2.38. The maximum absolute atomic E-state index is 12.7. The Labute approximate surface area is 165 Å². The molecule has 1 aliphatic rings. The molecular weight excluding hydrogens is 374 g/mol. The molecule has 1 fully saturated rings. The van der Waals surface area contributed by atoms with Crippen LogP contribution in [0.3, 0.4) is 0 Å². The maximum Gasteiger partial charge on any atom is 0.298 e. The van der Waals surface area contributed by atoms with Crippen LogP contribution in [-0.2, 0) is 10.0 Å². The van der Waals surface area contributed by atoms with Crippen LogP contribution in [0.15, 0.2) is 57.8 Å². The maximum atomic E-state index is 12.7. The number of oxazole rings is 1. The molecule has 0 aliphatic carbocycles. The average molecular weight is 400 g/mol. The van der Waals surface area contributed by atoms with Crippen LogP contribution >= 0.6 is 0 Å². The van der Waals surface area contributed by atoms with Gasteiger partial charge >= 0.3 is 0 Å². The molecule has 2 heterocycles. The minimum absolute atomic E-state index is 0.0257. The van der Waals surface area contributed by atoms with Crippen molar-refractivity contribution in [2.24, 2.45) is 0 Å². The van der Waals surface area contributed by atoms with Crippen LogP contribution in [0.2, 0.25) is 0 Å². The van der Waals surface area contributed by atoms with Gasteiger partial charge in [0.1, 0.15) is 5.52 Å². The van der Waals surface area contributed by atoms with Crippen molar-refractivity contribution < 1.29 is 12.8 Å². The number of rotatable bonds is 6. The lowest BCUT2D eigenvalue weighted by molar-refractivity contribution is 0.534. The van der Waals surface area contributed by atoms with Gasteiger partial charge in [0.15, 0.2) is 5.58 Å². The fourth-order valence-corrected chi connectivity index (χ4v) is 4.68. The third kappa shape index (κ3) is 3.77. The summed E-state index contributed by atoms with van der Waals surface area (Å²) in [6.07, 6.45) is 1.88. The van der Waals surface area contributed by atoms with Crippen molar-refractivity contribution in [3.8, 4) is 0 Å². The number of nitrogens with zero attached hydrogens (tertiary/aromatic N) is 2. The first kappa shape index (κ1) is 19.0. The van der Waals surface area contributed by atoms with E-state index in [9.17, 15) is 8.42 Å². The van der Waals surface area contributed by atoms with Gasteiger partial charge in [-0.15, -0.1) is 0 Å². The predicted octanol–water partition coefficient (Wildman–Crippen LogP) is 3.90. The molecule has 1 N–H and O–H groups in total. The van der Waals surface area contributed by atoms with Crippen molar-refractivity contribution in [2.45, 2.75) is 43.5 Å². The first-order valence-electron chi connectivity index (χ1n) is 9.66. The van der Waals surface area contributed by atoms with E-state index in [1.807, 2.05) is 36.4 Å². The van der Waals surface area contributed by atoms with Crippen molar-refractivity contribution >= 4 is 27.1 Å². The zero-order valence-electron chi connectivity index (χ0n) is 16.1. The van der Waals surface area contributed by atoms with Crippen LogP contribution in [0.1, 0.15) is 38.2 Å². The van der Waals surface area contributed by atoms with E-state index in [0.717, 1.165) is 36.0 Å². The summed E-state index contributed by atoms with van der Waals surface area (Å²) < 4.78 is 34.0. The number of hydrogen-bond donors (Lipinski definition) is 1. The van der Waals surface area contributed by atoms with Crippen molar-refractivity contribution in [3.05, 3.63) is 54.1 Å². The Bertz CT molecular complexity index is 1020. The third-order valence-corrected chi connectivity index (χ3v) is 6.71. The van der Waals surface area contributed by atoms with Crippen LogP contribution in [0.4, 0.5) is 6.01 Å². The molecule has 1 saturated heterocycles. The summed E-state index contributed by atoms with van der Waals surface area (Å²) in [6.45, 7) is 5.31. The van der Waals surface area contributed by atoms with Gasteiger partial charge < -0.3 is 9.32 Å². The molecule has 1 aromatic heterocycles. The first-order valence-corrected chi connectivity index (χ1v) is 11.1. The molecule has 0 saturated carbocycles. The largest absolute Gasteiger partial charge is 0.423 e. The fourth-order valence-electron chi connectivity index (χ4n) is 3.60. The molecule has 28 heavy (non-hydrogen) atoms. The highest BCUT2D eigenvalue weighted by Crippen LogP contribution is 2.28. The number of hydrogen-bond acceptors (Lipinski definition) is 5. The molecule has 2 aromatic carbocycles. The summed E-state index contributed by atoms with van der Waals surface area (Å²) >= 11 is 0. The van der Waals surface area contributed by atoms with Gasteiger partial charge in [-0.1, -0.05) is 38.1 Å². The molecule has 7 heteroatoms. The molecule has 1 atom stereocenters. The van der Waals surface area contributed by atoms with Gasteiger partial charge in [0.2, 0.25) is 10.0 Å². The van der Waals surface area contributed by atoms with Gasteiger partial charge in [0, 0.05) is 19.1 Å². The molecule has 1 aliphatic heterocycles. The Balaban J connectivity index is 1.47. The van der Waals surface area contributed by atoms with Crippen molar-refractivity contribution in [1.29, 1.82) is 0 Å². The number of para-hydroxylation sites is 2. The zero-order chi connectivity index (χ0) is 19.7. The zero-order valence-corrected chi connectivity index (χ0v) is 16.9. The van der Waals surface area contributed by atoms with Crippen molar-refractivity contribution in [2.75, 3.05) is 18.0 Å². The number of benzene rings is 2. The van der Waals surface area contributed by atoms with Gasteiger partial charge in [-0.2, -0.15) is 4.98 Å². The van der Waals surface area contributed by atoms with E-state index >= 15 is 0 Å². The molecule has 4 rings (SSSR count). The lowest BCUT2D eigenvalue weighted by atomic mass is 10.0. The van der Waals surface area contributed by atoms with E-state index in [2.05, 4.69) is 28.5 Å². The lowest BCUT2D eigenvalue weighted by Gasteiger charge is -2.23. The first-order chi connectivity index (χ1) is 13.4. The highest BCUT2D eigenvalue weighted by molar-refractivity contribution is 7.89. The van der Waals surface area contributed by atoms with E-state index in [0.29, 0.717) is 23.4 Å². The summed E-state index contributed by atoms with van der Waals surface area (Å²) in [4.78, 5) is 6.91. The van der Waals surface area contributed by atoms with Crippen molar-refractivity contribution in [1.82, 2.24) is 9.71 Å². The summed E-state index contributed by atoms with van der Waals surface area (Å²) in [5.41, 5.74) is 2.68. The van der Waals surface area contributed by atoms with E-state index in [1.54, 1.807) is 12.1 Å². The molecule has 3 aromatic rings. The van der Waals surface area contributed by atoms with Gasteiger partial charge in [0.05, 0.1) is 4.90 Å². The van der Waals surface area contributed by atoms with Gasteiger partial charge in [-0.05, 0) is 48.6 Å². The molecule has 1 unspecified atom stereocenters. The fraction of sp³-hybridized carbons (Fsp3) is 0.381. The molecule has 0 radical (unpaired) electrons. The average Bonchev–Trinajstić information content (AvgIpc) is 3.32. The van der Waals surface area contributed by atoms with E-state index in [-0.39, 0.29) is 6.04 Å². The number of nitrogens with one attached hydrogen (secondary N) is 1. The molecule has 148 valence electrons. The SMILES string of the molecule is CC(C)c1ccc(S(=O)(=O)NCC2CCCN2c2nc3ccccc3o2)cc1. The van der Waals surface area contributed by atoms with Crippen LogP contribution in [0.5, 0.6) is 0 Å². The predicted molar refractivity (Wildman–Crippen MR) is 110 cm³/mol. The second-order valence-corrected chi connectivity index (χ2v) is 9.30. The standard InChI is InChI=1S/C21H25N3O3S/c1-15(2)16-9-11-18(12-10-16)28(25,26)22-14-17-6-5-13-24(17)21-23-19-7-3-4-8-20(19)27-21/h3-4,7-12,15,17,22H,5-6,13-14H2,1-2H3. The van der Waals surface area contributed by atoms with Crippen LogP contribution in [0.25, 0.3) is 11.1 Å². The summed E-state index contributed by atoms with van der Waals surface area (Å²) in [7, 11) is -3.55. The second-order valence-electron chi connectivity index (χ2n) is 7.53. The van der Waals surface area contributed by atoms with E-state index < -0.39 is 10.0 Å². The Morgan fingerprint density at radius 2 is 1.93 bits per heavy atom. The number of aromatic nitrogens is 1. The Morgan fingerprint density at radius 1 is 1.18 bits per heavy atom. The number of anilines is 1. The number of fused-ring (bicyclic) bond motifs is 1. The summed E-state index contributed by atoms with van der Waals surface area (Å²) in [5.74, 6) is 0.369. The normalized spacial score (nSPS) is 17.7. The van der Waals surface area contributed by atoms with Crippen LogP contribution in [-0.4, -0.2) is 32.5 Å². The minimum atomic E-state index is -3.55. The van der Waals surface area contributed by atoms with Crippen LogP contribution in [0, 0.1) is 0 Å². The topological polar surface area (TPSA) is 75.4 Å². The Kier molecular flexibility index (Phi) is 5.12. The molecule has 6 nitrogen and oxygen atoms in total.